The van der Waals surface area contributed by atoms with Gasteiger partial charge in [-0.05, 0) is 35.2 Å². The van der Waals surface area contributed by atoms with E-state index in [0.717, 1.165) is 36.5 Å². The molecule has 0 fully saturated rings. The third kappa shape index (κ3) is 3.20. The highest BCUT2D eigenvalue weighted by Crippen LogP contribution is 2.36. The molecule has 0 spiro atoms. The highest BCUT2D eigenvalue weighted by atomic mass is 79.9. The van der Waals surface area contributed by atoms with Gasteiger partial charge < -0.3 is 5.11 Å². The fourth-order valence-electron chi connectivity index (χ4n) is 2.18. The molecule has 0 aliphatic carbocycles. The molecule has 4 heteroatoms. The molecule has 0 amide bonds. The highest BCUT2D eigenvalue weighted by Gasteiger charge is 2.07. The minimum atomic E-state index is 0.316. The second-order valence-corrected chi connectivity index (χ2v) is 6.99. The second kappa shape index (κ2) is 6.30. The second-order valence-electron chi connectivity index (χ2n) is 4.65. The van der Waals surface area contributed by atoms with Crippen LogP contribution >= 0.6 is 39.3 Å². The number of hydrogen-bond donors (Lipinski definition) is 1. The van der Waals surface area contributed by atoms with Crippen LogP contribution in [0, 0.1) is 0 Å². The zero-order chi connectivity index (χ0) is 14.8. The molecule has 1 nitrogen and oxygen atoms in total. The van der Waals surface area contributed by atoms with Gasteiger partial charge in [0.2, 0.25) is 0 Å². The van der Waals surface area contributed by atoms with Crippen LogP contribution in [0.5, 0.6) is 5.75 Å². The molecule has 0 aliphatic heterocycles. The van der Waals surface area contributed by atoms with Crippen molar-refractivity contribution in [3.63, 3.8) is 0 Å². The van der Waals surface area contributed by atoms with Crippen molar-refractivity contribution in [2.75, 3.05) is 0 Å². The molecule has 0 bridgehead atoms. The summed E-state index contributed by atoms with van der Waals surface area (Å²) in [5, 5.41) is 12.6. The number of rotatable bonds is 3. The molecule has 106 valence electrons. The maximum absolute atomic E-state index is 9.92. The fourth-order valence-corrected chi connectivity index (χ4v) is 4.06. The van der Waals surface area contributed by atoms with E-state index in [1.165, 1.54) is 0 Å². The average Bonchev–Trinajstić information content (AvgIpc) is 2.48. The van der Waals surface area contributed by atoms with Crippen molar-refractivity contribution < 1.29 is 5.11 Å². The number of phenols is 1. The van der Waals surface area contributed by atoms with Gasteiger partial charge in [0.25, 0.3) is 0 Å². The summed E-state index contributed by atoms with van der Waals surface area (Å²) in [6, 6.07) is 17.5. The number of hydrogen-bond acceptors (Lipinski definition) is 2. The maximum Gasteiger partial charge on any atom is 0.123 e. The largest absolute Gasteiger partial charge is 0.507 e. The molecule has 3 rings (SSSR count). The Bertz CT molecular complexity index is 804. The topological polar surface area (TPSA) is 20.2 Å². The molecular weight excluding hydrogens is 368 g/mol. The number of halogens is 2. The van der Waals surface area contributed by atoms with Crippen molar-refractivity contribution in [3.8, 4) is 5.75 Å². The van der Waals surface area contributed by atoms with Crippen molar-refractivity contribution in [2.24, 2.45) is 0 Å². The van der Waals surface area contributed by atoms with Gasteiger partial charge in [0.05, 0.1) is 0 Å². The Hall–Kier alpha value is -1.16. The molecule has 3 aromatic rings. The molecule has 1 N–H and O–H groups in total. The first-order chi connectivity index (χ1) is 10.1. The van der Waals surface area contributed by atoms with Crippen molar-refractivity contribution in [3.05, 3.63) is 69.7 Å². The Morgan fingerprint density at radius 2 is 1.76 bits per heavy atom. The van der Waals surface area contributed by atoms with Crippen LogP contribution in [0.3, 0.4) is 0 Å². The van der Waals surface area contributed by atoms with Crippen LogP contribution in [0.2, 0.25) is 5.02 Å². The van der Waals surface area contributed by atoms with E-state index in [4.69, 9.17) is 11.6 Å². The van der Waals surface area contributed by atoms with Crippen LogP contribution in [0.4, 0.5) is 0 Å². The standard InChI is InChI=1S/C17H12BrClOS/c18-12-6-5-11(15(19)9-12)10-21-17-8-7-16(20)13-3-1-2-4-14(13)17/h1-9,20H,10H2. The first-order valence-corrected chi connectivity index (χ1v) is 8.58. The molecule has 0 saturated heterocycles. The molecule has 0 aliphatic rings. The molecule has 0 radical (unpaired) electrons. The zero-order valence-corrected chi connectivity index (χ0v) is 14.2. The Kier molecular flexibility index (Phi) is 4.43. The zero-order valence-electron chi connectivity index (χ0n) is 11.0. The number of benzene rings is 3. The Morgan fingerprint density at radius 1 is 1.00 bits per heavy atom. The molecule has 0 saturated carbocycles. The van der Waals surface area contributed by atoms with E-state index in [1.807, 2.05) is 48.5 Å². The lowest BCUT2D eigenvalue weighted by molar-refractivity contribution is 0.481. The molecule has 0 aromatic heterocycles. The Morgan fingerprint density at radius 3 is 2.52 bits per heavy atom. The number of phenolic OH excluding ortho intramolecular Hbond substituents is 1. The molecule has 0 heterocycles. The van der Waals surface area contributed by atoms with E-state index >= 15 is 0 Å². The van der Waals surface area contributed by atoms with Crippen molar-refractivity contribution in [1.82, 2.24) is 0 Å². The van der Waals surface area contributed by atoms with Gasteiger partial charge in [-0.3, -0.25) is 0 Å². The Labute approximate surface area is 141 Å². The van der Waals surface area contributed by atoms with Gasteiger partial charge in [0.15, 0.2) is 0 Å². The number of fused-ring (bicyclic) bond motifs is 1. The summed E-state index contributed by atoms with van der Waals surface area (Å²) < 4.78 is 0.983. The lowest BCUT2D eigenvalue weighted by atomic mass is 10.1. The highest BCUT2D eigenvalue weighted by molar-refractivity contribution is 9.10. The van der Waals surface area contributed by atoms with Crippen LogP contribution in [0.25, 0.3) is 10.8 Å². The van der Waals surface area contributed by atoms with Gasteiger partial charge in [0, 0.05) is 25.5 Å². The van der Waals surface area contributed by atoms with E-state index in [0.29, 0.717) is 5.75 Å². The molecule has 0 unspecified atom stereocenters. The lowest BCUT2D eigenvalue weighted by Crippen LogP contribution is -1.84. The summed E-state index contributed by atoms with van der Waals surface area (Å²) in [4.78, 5) is 1.14. The third-order valence-electron chi connectivity index (χ3n) is 3.26. The van der Waals surface area contributed by atoms with Gasteiger partial charge >= 0.3 is 0 Å². The number of aromatic hydroxyl groups is 1. The van der Waals surface area contributed by atoms with Gasteiger partial charge in [0.1, 0.15) is 5.75 Å². The van der Waals surface area contributed by atoms with E-state index in [9.17, 15) is 5.11 Å². The van der Waals surface area contributed by atoms with Gasteiger partial charge in [-0.25, -0.2) is 0 Å². The molecular formula is C17H12BrClOS. The van der Waals surface area contributed by atoms with E-state index in [2.05, 4.69) is 15.9 Å². The van der Waals surface area contributed by atoms with Crippen molar-refractivity contribution in [2.45, 2.75) is 10.6 Å². The normalized spacial score (nSPS) is 11.0. The van der Waals surface area contributed by atoms with E-state index in [1.54, 1.807) is 17.8 Å². The number of thioether (sulfide) groups is 1. The van der Waals surface area contributed by atoms with E-state index < -0.39 is 0 Å². The summed E-state index contributed by atoms with van der Waals surface area (Å²) in [7, 11) is 0. The minimum absolute atomic E-state index is 0.316. The SMILES string of the molecule is Oc1ccc(SCc2ccc(Br)cc2Cl)c2ccccc12. The summed E-state index contributed by atoms with van der Waals surface area (Å²) in [6.07, 6.45) is 0. The molecule has 3 aromatic carbocycles. The van der Waals surface area contributed by atoms with Crippen LogP contribution < -0.4 is 0 Å². The van der Waals surface area contributed by atoms with Crippen molar-refractivity contribution >= 4 is 50.1 Å². The summed E-state index contributed by atoms with van der Waals surface area (Å²) in [5.74, 6) is 1.11. The smallest absolute Gasteiger partial charge is 0.123 e. The van der Waals surface area contributed by atoms with Gasteiger partial charge in [-0.1, -0.05) is 57.9 Å². The van der Waals surface area contributed by atoms with Crippen LogP contribution in [0.15, 0.2) is 64.0 Å². The van der Waals surface area contributed by atoms with Gasteiger partial charge in [-0.2, -0.15) is 0 Å². The monoisotopic (exact) mass is 378 g/mol. The quantitative estimate of drug-likeness (QED) is 0.542. The van der Waals surface area contributed by atoms with Crippen LogP contribution in [-0.4, -0.2) is 5.11 Å². The fraction of sp³-hybridized carbons (Fsp3) is 0.0588. The minimum Gasteiger partial charge on any atom is -0.507 e. The first-order valence-electron chi connectivity index (χ1n) is 6.42. The van der Waals surface area contributed by atoms with Gasteiger partial charge in [-0.15, -0.1) is 11.8 Å². The Balaban J connectivity index is 1.90. The molecule has 21 heavy (non-hydrogen) atoms. The lowest BCUT2D eigenvalue weighted by Gasteiger charge is -2.09. The predicted molar refractivity (Wildman–Crippen MR) is 94.3 cm³/mol. The third-order valence-corrected chi connectivity index (χ3v) is 5.23. The van der Waals surface area contributed by atoms with Crippen LogP contribution in [0.1, 0.15) is 5.56 Å². The van der Waals surface area contributed by atoms with Crippen LogP contribution in [-0.2, 0) is 5.75 Å². The first kappa shape index (κ1) is 14.8. The molecule has 0 atom stereocenters. The average molecular weight is 380 g/mol. The summed E-state index contributed by atoms with van der Waals surface area (Å²) >= 11 is 11.4. The van der Waals surface area contributed by atoms with Crippen molar-refractivity contribution in [1.29, 1.82) is 0 Å². The summed E-state index contributed by atoms with van der Waals surface area (Å²) in [5.41, 5.74) is 1.10. The summed E-state index contributed by atoms with van der Waals surface area (Å²) in [6.45, 7) is 0. The predicted octanol–water partition coefficient (Wildman–Crippen LogP) is 6.25. The maximum atomic E-state index is 9.92. The van der Waals surface area contributed by atoms with E-state index in [-0.39, 0.29) is 0 Å².